The van der Waals surface area contributed by atoms with E-state index in [1.165, 1.54) is 0 Å². The maximum absolute atomic E-state index is 12.7. The third kappa shape index (κ3) is 1.79. The van der Waals surface area contributed by atoms with Crippen LogP contribution in [0.5, 0.6) is 0 Å². The van der Waals surface area contributed by atoms with Gasteiger partial charge in [-0.25, -0.2) is 0 Å². The smallest absolute Gasteiger partial charge is 0.449 e. The summed E-state index contributed by atoms with van der Waals surface area (Å²) in [7, 11) is 0. The minimum Gasteiger partial charge on any atom is -0.449 e. The van der Waals surface area contributed by atoms with Gasteiger partial charge in [0.05, 0.1) is 0 Å². The van der Waals surface area contributed by atoms with Crippen LogP contribution in [0.25, 0.3) is 0 Å². The zero-order valence-electron chi connectivity index (χ0n) is 9.65. The molecule has 86 valence electrons. The summed E-state index contributed by atoms with van der Waals surface area (Å²) in [4.78, 5) is 0. The Bertz CT molecular complexity index is 269. The van der Waals surface area contributed by atoms with E-state index in [0.717, 1.165) is 26.1 Å². The van der Waals surface area contributed by atoms with Gasteiger partial charge < -0.3 is 17.7 Å². The first-order valence-corrected chi connectivity index (χ1v) is 5.75. The minimum absolute atomic E-state index is 0. The molecule has 3 aliphatic carbocycles. The van der Waals surface area contributed by atoms with Gasteiger partial charge >= 0.3 is 58.4 Å². The van der Waals surface area contributed by atoms with Crippen LogP contribution >= 0.6 is 0 Å². The van der Waals surface area contributed by atoms with Crippen LogP contribution < -0.4 is 51.4 Å². The monoisotopic (exact) mass is 258 g/mol. The summed E-state index contributed by atoms with van der Waals surface area (Å²) in [5, 5.41) is -1.21. The fourth-order valence-corrected chi connectivity index (χ4v) is 4.04. The maximum atomic E-state index is 12.7. The van der Waals surface area contributed by atoms with E-state index in [2.05, 4.69) is 0 Å². The van der Waals surface area contributed by atoms with E-state index in [0.29, 0.717) is 25.2 Å². The molecule has 1 heterocycles. The van der Waals surface area contributed by atoms with Crippen molar-refractivity contribution in [3.05, 3.63) is 0 Å². The summed E-state index contributed by atoms with van der Waals surface area (Å²) in [5.41, 5.74) is 0.0705. The van der Waals surface area contributed by atoms with Gasteiger partial charge in [0.2, 0.25) is 0 Å². The van der Waals surface area contributed by atoms with Crippen molar-refractivity contribution in [3.63, 3.8) is 0 Å². The third-order valence-electron chi connectivity index (χ3n) is 4.89. The zero-order chi connectivity index (χ0) is 10.7. The first-order chi connectivity index (χ1) is 6.98. The van der Waals surface area contributed by atoms with Crippen LogP contribution in [0.4, 0.5) is 12.9 Å². The SMILES string of the molecule is F[B-](F)(F)C12CC(C3CCOCC3)(C1)C2.[K+]. The summed E-state index contributed by atoms with van der Waals surface area (Å²) >= 11 is 0. The van der Waals surface area contributed by atoms with E-state index in [-0.39, 0.29) is 56.8 Å². The van der Waals surface area contributed by atoms with Crippen LogP contribution in [-0.4, -0.2) is 20.2 Å². The second kappa shape index (κ2) is 4.24. The van der Waals surface area contributed by atoms with Crippen LogP contribution in [0.1, 0.15) is 32.1 Å². The summed E-state index contributed by atoms with van der Waals surface area (Å²) in [5.74, 6) is 0.506. The van der Waals surface area contributed by atoms with Crippen molar-refractivity contribution in [3.8, 4) is 0 Å². The number of halogens is 3. The number of hydrogen-bond donors (Lipinski definition) is 0. The molecule has 0 unspecified atom stereocenters. The molecule has 2 bridgehead atoms. The Balaban J connectivity index is 0.000000963. The van der Waals surface area contributed by atoms with Crippen molar-refractivity contribution < 1.29 is 69.1 Å². The van der Waals surface area contributed by atoms with Crippen LogP contribution in [0.15, 0.2) is 0 Å². The van der Waals surface area contributed by atoms with Gasteiger partial charge in [-0.05, 0) is 24.2 Å². The third-order valence-corrected chi connectivity index (χ3v) is 4.89. The van der Waals surface area contributed by atoms with Crippen molar-refractivity contribution >= 4 is 6.98 Å². The topological polar surface area (TPSA) is 9.23 Å². The molecule has 16 heavy (non-hydrogen) atoms. The van der Waals surface area contributed by atoms with Gasteiger partial charge in [-0.1, -0.05) is 24.6 Å². The van der Waals surface area contributed by atoms with E-state index in [1.54, 1.807) is 0 Å². The van der Waals surface area contributed by atoms with Crippen molar-refractivity contribution in [2.45, 2.75) is 37.4 Å². The maximum Gasteiger partial charge on any atom is 1.00 e. The quantitative estimate of drug-likeness (QED) is 0.642. The Hall–Kier alpha value is 1.45. The second-order valence-corrected chi connectivity index (χ2v) is 5.72. The van der Waals surface area contributed by atoms with E-state index in [9.17, 15) is 12.9 Å². The van der Waals surface area contributed by atoms with Gasteiger partial charge in [-0.2, -0.15) is 0 Å². The second-order valence-electron chi connectivity index (χ2n) is 5.72. The molecule has 0 atom stereocenters. The Morgan fingerprint density at radius 1 is 1.00 bits per heavy atom. The first kappa shape index (κ1) is 13.9. The molecule has 4 rings (SSSR count). The molecule has 1 nitrogen and oxygen atoms in total. The Morgan fingerprint density at radius 3 is 1.94 bits per heavy atom. The molecule has 0 aromatic rings. The van der Waals surface area contributed by atoms with Gasteiger partial charge in [0.15, 0.2) is 0 Å². The fraction of sp³-hybridized carbons (Fsp3) is 1.00. The summed E-state index contributed by atoms with van der Waals surface area (Å²) in [6, 6.07) is 0. The van der Waals surface area contributed by atoms with Crippen LogP contribution in [-0.2, 0) is 4.74 Å². The van der Waals surface area contributed by atoms with Crippen LogP contribution in [0.3, 0.4) is 0 Å². The molecule has 0 spiro atoms. The molecule has 1 aliphatic heterocycles. The predicted octanol–water partition coefficient (Wildman–Crippen LogP) is 0.189. The number of rotatable bonds is 2. The predicted molar refractivity (Wildman–Crippen MR) is 51.6 cm³/mol. The Kier molecular flexibility index (Phi) is 3.67. The van der Waals surface area contributed by atoms with E-state index in [4.69, 9.17) is 4.74 Å². The van der Waals surface area contributed by atoms with Crippen molar-refractivity contribution in [2.75, 3.05) is 13.2 Å². The van der Waals surface area contributed by atoms with Crippen LogP contribution in [0, 0.1) is 11.3 Å². The molecule has 0 amide bonds. The van der Waals surface area contributed by atoms with E-state index in [1.807, 2.05) is 0 Å². The van der Waals surface area contributed by atoms with E-state index < -0.39 is 12.3 Å². The Morgan fingerprint density at radius 2 is 1.50 bits per heavy atom. The molecule has 0 radical (unpaired) electrons. The largest absolute Gasteiger partial charge is 1.00 e. The fourth-order valence-electron chi connectivity index (χ4n) is 4.04. The Labute approximate surface area is 136 Å². The van der Waals surface area contributed by atoms with Crippen molar-refractivity contribution in [1.29, 1.82) is 0 Å². The van der Waals surface area contributed by atoms with E-state index >= 15 is 0 Å². The summed E-state index contributed by atoms with van der Waals surface area (Å²) in [6.07, 6.45) is 3.22. The van der Waals surface area contributed by atoms with Crippen molar-refractivity contribution in [1.82, 2.24) is 0 Å². The molecule has 0 aromatic heterocycles. The zero-order valence-corrected chi connectivity index (χ0v) is 12.8. The molecule has 3 saturated carbocycles. The molecule has 0 N–H and O–H groups in total. The molecular weight excluding hydrogens is 243 g/mol. The molecule has 1 saturated heterocycles. The standard InChI is InChI=1S/C10H15BF3O.K/c12-11(13,14)10-5-9(6-10,7-10)8-1-3-15-4-2-8;/h8H,1-7H2;/q-1;+1. The molecule has 0 aromatic carbocycles. The van der Waals surface area contributed by atoms with Gasteiger partial charge in [0.25, 0.3) is 0 Å². The van der Waals surface area contributed by atoms with Crippen LogP contribution in [0.2, 0.25) is 5.31 Å². The minimum atomic E-state index is -4.60. The van der Waals surface area contributed by atoms with Gasteiger partial charge in [0, 0.05) is 13.2 Å². The molecular formula is C10H15BF3KO. The summed E-state index contributed by atoms with van der Waals surface area (Å²) < 4.78 is 43.3. The average molecular weight is 258 g/mol. The average Bonchev–Trinajstić information content (AvgIpc) is 1.98. The number of hydrogen-bond acceptors (Lipinski definition) is 1. The summed E-state index contributed by atoms with van der Waals surface area (Å²) in [6.45, 7) is -3.10. The normalized spacial score (nSPS) is 42.9. The van der Waals surface area contributed by atoms with Gasteiger partial charge in [-0.3, -0.25) is 0 Å². The molecule has 4 aliphatic rings. The first-order valence-electron chi connectivity index (χ1n) is 5.75. The molecule has 4 fully saturated rings. The van der Waals surface area contributed by atoms with Crippen molar-refractivity contribution in [2.24, 2.45) is 11.3 Å². The molecule has 6 heteroatoms. The van der Waals surface area contributed by atoms with Gasteiger partial charge in [-0.15, -0.1) is 0 Å². The van der Waals surface area contributed by atoms with Gasteiger partial charge in [0.1, 0.15) is 0 Å². The number of ether oxygens (including phenoxy) is 1.